The van der Waals surface area contributed by atoms with Crippen LogP contribution in [0.15, 0.2) is 25.7 Å². The van der Waals surface area contributed by atoms with Crippen LogP contribution in [-0.2, 0) is 6.54 Å². The van der Waals surface area contributed by atoms with E-state index in [1.54, 1.807) is 4.57 Å². The third-order valence-corrected chi connectivity index (χ3v) is 4.50. The van der Waals surface area contributed by atoms with Crippen molar-refractivity contribution >= 4 is 28.1 Å². The first-order valence-electron chi connectivity index (χ1n) is 5.92. The SMILES string of the molecule is CCCCCn1c(Sc2[nH+]cc(N=O)s2)n[nH]c1=O. The fourth-order valence-corrected chi connectivity index (χ4v) is 3.32. The summed E-state index contributed by atoms with van der Waals surface area (Å²) in [4.78, 5) is 24.9. The Morgan fingerprint density at radius 1 is 1.58 bits per heavy atom. The molecule has 0 fully saturated rings. The lowest BCUT2D eigenvalue weighted by Crippen LogP contribution is -2.17. The van der Waals surface area contributed by atoms with Crippen LogP contribution >= 0.6 is 23.1 Å². The number of hydrogen-bond acceptors (Lipinski definition) is 6. The van der Waals surface area contributed by atoms with Gasteiger partial charge in [0, 0.05) is 18.3 Å². The first-order chi connectivity index (χ1) is 9.24. The number of nitrogens with one attached hydrogen (secondary N) is 2. The average molecular weight is 300 g/mol. The van der Waals surface area contributed by atoms with Gasteiger partial charge in [-0.05, 0) is 22.9 Å². The molecule has 9 heteroatoms. The molecule has 0 unspecified atom stereocenters. The zero-order valence-electron chi connectivity index (χ0n) is 10.4. The van der Waals surface area contributed by atoms with Crippen molar-refractivity contribution in [2.75, 3.05) is 0 Å². The fraction of sp³-hybridized carbons (Fsp3) is 0.500. The maximum Gasteiger partial charge on any atom is 0.343 e. The quantitative estimate of drug-likeness (QED) is 0.626. The summed E-state index contributed by atoms with van der Waals surface area (Å²) in [5.41, 5.74) is -0.205. The van der Waals surface area contributed by atoms with Crippen molar-refractivity contribution in [2.24, 2.45) is 5.18 Å². The number of rotatable bonds is 7. The molecule has 2 N–H and O–H groups in total. The van der Waals surface area contributed by atoms with E-state index in [4.69, 9.17) is 0 Å². The van der Waals surface area contributed by atoms with Crippen molar-refractivity contribution in [3.05, 3.63) is 21.6 Å². The molecule has 2 aromatic heterocycles. The molecule has 0 radical (unpaired) electrons. The molecule has 0 saturated heterocycles. The summed E-state index contributed by atoms with van der Waals surface area (Å²) in [6.07, 6.45) is 4.65. The highest BCUT2D eigenvalue weighted by atomic mass is 32.2. The third kappa shape index (κ3) is 3.51. The number of aromatic amines is 2. The van der Waals surface area contributed by atoms with E-state index in [2.05, 4.69) is 27.3 Å². The standard InChI is InChI=1S/C10H13N5O2S2/c1-2-3-4-5-15-8(16)12-13-9(15)19-10-11-6-7(14-17)18-10/h6H,2-5H2,1H3,(H,12,16)/p+1. The lowest BCUT2D eigenvalue weighted by molar-refractivity contribution is -0.416. The number of H-pyrrole nitrogens is 2. The summed E-state index contributed by atoms with van der Waals surface area (Å²) >= 11 is 2.55. The van der Waals surface area contributed by atoms with Crippen LogP contribution in [0.2, 0.25) is 0 Å². The first-order valence-corrected chi connectivity index (χ1v) is 7.55. The van der Waals surface area contributed by atoms with Crippen LogP contribution < -0.4 is 10.7 Å². The maximum absolute atomic E-state index is 11.6. The number of hydrogen-bond donors (Lipinski definition) is 1. The fourth-order valence-electron chi connectivity index (χ4n) is 1.55. The van der Waals surface area contributed by atoms with Gasteiger partial charge in [0.15, 0.2) is 0 Å². The predicted molar refractivity (Wildman–Crippen MR) is 72.8 cm³/mol. The molecule has 0 amide bonds. The van der Waals surface area contributed by atoms with E-state index in [0.717, 1.165) is 23.6 Å². The van der Waals surface area contributed by atoms with Crippen molar-refractivity contribution in [3.8, 4) is 0 Å². The second-order valence-electron chi connectivity index (χ2n) is 3.88. The minimum Gasteiger partial charge on any atom is -0.270 e. The Labute approximate surface area is 117 Å². The summed E-state index contributed by atoms with van der Waals surface area (Å²) in [5.74, 6) is 0. The Morgan fingerprint density at radius 3 is 3.11 bits per heavy atom. The Morgan fingerprint density at radius 2 is 2.42 bits per heavy atom. The monoisotopic (exact) mass is 300 g/mol. The summed E-state index contributed by atoms with van der Waals surface area (Å²) in [7, 11) is 0. The predicted octanol–water partition coefficient (Wildman–Crippen LogP) is 2.19. The van der Waals surface area contributed by atoms with E-state index in [1.165, 1.54) is 29.3 Å². The number of thiazole rings is 1. The zero-order chi connectivity index (χ0) is 13.7. The van der Waals surface area contributed by atoms with E-state index < -0.39 is 0 Å². The Hall–Kier alpha value is -1.48. The number of aromatic nitrogens is 4. The van der Waals surface area contributed by atoms with Crippen LogP contribution in [0.25, 0.3) is 0 Å². The number of unbranched alkanes of at least 4 members (excludes halogenated alkanes) is 2. The summed E-state index contributed by atoms with van der Waals surface area (Å²) in [6.45, 7) is 2.76. The van der Waals surface area contributed by atoms with Gasteiger partial charge in [-0.3, -0.25) is 4.57 Å². The molecule has 2 aromatic rings. The highest BCUT2D eigenvalue weighted by Crippen LogP contribution is 2.30. The molecular weight excluding hydrogens is 286 g/mol. The summed E-state index contributed by atoms with van der Waals surface area (Å²) < 4.78 is 2.38. The smallest absolute Gasteiger partial charge is 0.270 e. The molecule has 0 aliphatic heterocycles. The molecule has 0 aromatic carbocycles. The van der Waals surface area contributed by atoms with Crippen molar-refractivity contribution in [1.29, 1.82) is 0 Å². The number of nitroso groups, excluding NO2 is 1. The number of nitrogens with zero attached hydrogens (tertiary/aromatic N) is 3. The van der Waals surface area contributed by atoms with Gasteiger partial charge in [-0.25, -0.2) is 9.89 Å². The lowest BCUT2D eigenvalue weighted by atomic mass is 10.2. The normalized spacial score (nSPS) is 10.8. The Bertz CT molecular complexity index is 603. The molecule has 2 rings (SSSR count). The van der Waals surface area contributed by atoms with Gasteiger partial charge in [0.25, 0.3) is 0 Å². The summed E-state index contributed by atoms with van der Waals surface area (Å²) in [6, 6.07) is 0. The molecule has 0 aliphatic carbocycles. The molecule has 102 valence electrons. The molecular formula is C10H14N5O2S2+. The van der Waals surface area contributed by atoms with Gasteiger partial charge >= 0.3 is 10.0 Å². The van der Waals surface area contributed by atoms with Crippen molar-refractivity contribution in [3.63, 3.8) is 0 Å². The van der Waals surface area contributed by atoms with Crippen LogP contribution in [-0.4, -0.2) is 14.8 Å². The van der Waals surface area contributed by atoms with Gasteiger partial charge in [-0.1, -0.05) is 19.8 Å². The van der Waals surface area contributed by atoms with Gasteiger partial charge in [0.2, 0.25) is 16.4 Å². The van der Waals surface area contributed by atoms with Gasteiger partial charge in [0.1, 0.15) is 0 Å². The minimum absolute atomic E-state index is 0.205. The largest absolute Gasteiger partial charge is 0.343 e. The molecule has 0 bridgehead atoms. The molecule has 0 aliphatic rings. The van der Waals surface area contributed by atoms with E-state index in [-0.39, 0.29) is 5.69 Å². The highest BCUT2D eigenvalue weighted by molar-refractivity contribution is 8.00. The lowest BCUT2D eigenvalue weighted by Gasteiger charge is -2.01. The van der Waals surface area contributed by atoms with Gasteiger partial charge < -0.3 is 0 Å². The molecule has 7 nitrogen and oxygen atoms in total. The summed E-state index contributed by atoms with van der Waals surface area (Å²) in [5, 5.41) is 10.3. The molecule has 19 heavy (non-hydrogen) atoms. The van der Waals surface area contributed by atoms with Gasteiger partial charge in [-0.15, -0.1) is 10.0 Å². The third-order valence-electron chi connectivity index (χ3n) is 2.49. The van der Waals surface area contributed by atoms with Crippen molar-refractivity contribution in [2.45, 2.75) is 42.2 Å². The van der Waals surface area contributed by atoms with Crippen LogP contribution in [0.5, 0.6) is 0 Å². The van der Waals surface area contributed by atoms with E-state index >= 15 is 0 Å². The topological polar surface area (TPSA) is 94.2 Å². The van der Waals surface area contributed by atoms with E-state index in [9.17, 15) is 9.70 Å². The first kappa shape index (κ1) is 13.9. The molecule has 2 heterocycles. The van der Waals surface area contributed by atoms with Crippen LogP contribution in [0.4, 0.5) is 5.00 Å². The molecule has 0 saturated carbocycles. The van der Waals surface area contributed by atoms with E-state index in [0.29, 0.717) is 16.7 Å². The second-order valence-corrected chi connectivity index (χ2v) is 6.15. The van der Waals surface area contributed by atoms with Crippen molar-refractivity contribution < 1.29 is 4.98 Å². The van der Waals surface area contributed by atoms with Gasteiger partial charge in [0.05, 0.1) is 0 Å². The maximum atomic E-state index is 11.6. The average Bonchev–Trinajstić information content (AvgIpc) is 3.00. The van der Waals surface area contributed by atoms with Crippen LogP contribution in [0.3, 0.4) is 0 Å². The van der Waals surface area contributed by atoms with E-state index in [1.807, 2.05) is 0 Å². The molecule has 0 atom stereocenters. The van der Waals surface area contributed by atoms with Crippen molar-refractivity contribution in [1.82, 2.24) is 14.8 Å². The Balaban J connectivity index is 2.11. The minimum atomic E-state index is -0.205. The zero-order valence-corrected chi connectivity index (χ0v) is 12.0. The van der Waals surface area contributed by atoms with Crippen LogP contribution in [0.1, 0.15) is 26.2 Å². The molecule has 0 spiro atoms. The Kier molecular flexibility index (Phi) is 4.86. The van der Waals surface area contributed by atoms with Gasteiger partial charge in [-0.2, -0.15) is 4.98 Å². The van der Waals surface area contributed by atoms with Crippen LogP contribution in [0, 0.1) is 4.91 Å². The second kappa shape index (κ2) is 6.62. The highest BCUT2D eigenvalue weighted by Gasteiger charge is 2.16.